The first-order valence-corrected chi connectivity index (χ1v) is 4.53. The Labute approximate surface area is 76.1 Å². The molecule has 1 rings (SSSR count). The molecule has 1 fully saturated rings. The van der Waals surface area contributed by atoms with Crippen LogP contribution in [0.5, 0.6) is 0 Å². The Morgan fingerprint density at radius 2 is 1.73 bits per heavy atom. The minimum atomic E-state index is 0. The van der Waals surface area contributed by atoms with Crippen molar-refractivity contribution in [1.82, 2.24) is 0 Å². The van der Waals surface area contributed by atoms with E-state index < -0.39 is 0 Å². The maximum absolute atomic E-state index is 5.49. The first-order chi connectivity index (χ1) is 4.83. The van der Waals surface area contributed by atoms with Gasteiger partial charge in [-0.05, 0) is 24.8 Å². The zero-order valence-corrected chi connectivity index (χ0v) is 8.20. The van der Waals surface area contributed by atoms with Crippen LogP contribution in [-0.4, -0.2) is 6.54 Å². The lowest BCUT2D eigenvalue weighted by Crippen LogP contribution is -2.15. The van der Waals surface area contributed by atoms with Gasteiger partial charge in [-0.25, -0.2) is 0 Å². The van der Waals surface area contributed by atoms with E-state index in [1.54, 1.807) is 0 Å². The fourth-order valence-electron chi connectivity index (χ4n) is 1.85. The fraction of sp³-hybridized carbons (Fsp3) is 1.00. The maximum Gasteiger partial charge on any atom is -0.00746 e. The highest BCUT2D eigenvalue weighted by atomic mass is 35.5. The molecule has 1 saturated carbocycles. The van der Waals surface area contributed by atoms with E-state index in [0.29, 0.717) is 0 Å². The Morgan fingerprint density at radius 3 is 2.18 bits per heavy atom. The zero-order valence-electron chi connectivity index (χ0n) is 7.38. The van der Waals surface area contributed by atoms with Crippen LogP contribution < -0.4 is 5.73 Å². The summed E-state index contributed by atoms with van der Waals surface area (Å²) in [4.78, 5) is 0. The SMILES string of the molecule is CC1CCC(CCN)CC1.Cl. The van der Waals surface area contributed by atoms with Gasteiger partial charge >= 0.3 is 0 Å². The molecule has 0 aromatic heterocycles. The number of hydrogen-bond donors (Lipinski definition) is 1. The summed E-state index contributed by atoms with van der Waals surface area (Å²) in [5, 5.41) is 0. The minimum Gasteiger partial charge on any atom is -0.330 e. The van der Waals surface area contributed by atoms with Crippen molar-refractivity contribution in [2.75, 3.05) is 6.54 Å². The topological polar surface area (TPSA) is 26.0 Å². The van der Waals surface area contributed by atoms with Crippen molar-refractivity contribution < 1.29 is 0 Å². The van der Waals surface area contributed by atoms with E-state index in [4.69, 9.17) is 5.73 Å². The monoisotopic (exact) mass is 177 g/mol. The number of rotatable bonds is 2. The molecule has 0 aromatic carbocycles. The smallest absolute Gasteiger partial charge is 0.00746 e. The molecule has 0 atom stereocenters. The summed E-state index contributed by atoms with van der Waals surface area (Å²) in [5.41, 5.74) is 5.49. The number of halogens is 1. The summed E-state index contributed by atoms with van der Waals surface area (Å²) in [6, 6.07) is 0. The molecule has 0 aliphatic heterocycles. The van der Waals surface area contributed by atoms with Crippen molar-refractivity contribution in [2.45, 2.75) is 39.0 Å². The van der Waals surface area contributed by atoms with Crippen LogP contribution in [0, 0.1) is 11.8 Å². The largest absolute Gasteiger partial charge is 0.330 e. The molecular formula is C9H20ClN. The summed E-state index contributed by atoms with van der Waals surface area (Å²) in [5.74, 6) is 1.94. The standard InChI is InChI=1S/C9H19N.ClH/c1-8-2-4-9(5-3-8)6-7-10;/h8-9H,2-7,10H2,1H3;1H. The Hall–Kier alpha value is 0.250. The third kappa shape index (κ3) is 3.97. The van der Waals surface area contributed by atoms with Gasteiger partial charge < -0.3 is 5.73 Å². The minimum absolute atomic E-state index is 0. The summed E-state index contributed by atoms with van der Waals surface area (Å²) < 4.78 is 0. The van der Waals surface area contributed by atoms with Gasteiger partial charge in [-0.1, -0.05) is 32.6 Å². The van der Waals surface area contributed by atoms with Gasteiger partial charge in [0, 0.05) is 0 Å². The van der Waals surface area contributed by atoms with Crippen LogP contribution in [0.25, 0.3) is 0 Å². The highest BCUT2D eigenvalue weighted by molar-refractivity contribution is 5.85. The molecule has 2 heteroatoms. The van der Waals surface area contributed by atoms with Crippen LogP contribution in [0.3, 0.4) is 0 Å². The number of hydrogen-bond acceptors (Lipinski definition) is 1. The molecule has 11 heavy (non-hydrogen) atoms. The second kappa shape index (κ2) is 5.84. The van der Waals surface area contributed by atoms with Gasteiger partial charge in [0.1, 0.15) is 0 Å². The molecule has 1 aliphatic rings. The van der Waals surface area contributed by atoms with Crippen molar-refractivity contribution >= 4 is 12.4 Å². The van der Waals surface area contributed by atoms with Crippen LogP contribution in [0.1, 0.15) is 39.0 Å². The van der Waals surface area contributed by atoms with Crippen molar-refractivity contribution in [3.8, 4) is 0 Å². The molecule has 1 nitrogen and oxygen atoms in total. The van der Waals surface area contributed by atoms with Crippen molar-refractivity contribution in [2.24, 2.45) is 17.6 Å². The van der Waals surface area contributed by atoms with E-state index in [-0.39, 0.29) is 12.4 Å². The van der Waals surface area contributed by atoms with E-state index in [9.17, 15) is 0 Å². The average molecular weight is 178 g/mol. The summed E-state index contributed by atoms with van der Waals surface area (Å²) in [6.07, 6.45) is 6.98. The lowest BCUT2D eigenvalue weighted by molar-refractivity contribution is 0.280. The molecule has 0 heterocycles. The first kappa shape index (κ1) is 11.2. The van der Waals surface area contributed by atoms with E-state index in [1.807, 2.05) is 0 Å². The molecule has 1 aliphatic carbocycles. The average Bonchev–Trinajstić information content (AvgIpc) is 1.95. The van der Waals surface area contributed by atoms with Gasteiger partial charge in [-0.2, -0.15) is 0 Å². The second-order valence-electron chi connectivity index (χ2n) is 3.70. The summed E-state index contributed by atoms with van der Waals surface area (Å²) in [6.45, 7) is 3.25. The third-order valence-corrected chi connectivity index (χ3v) is 2.71. The molecule has 68 valence electrons. The summed E-state index contributed by atoms with van der Waals surface area (Å²) in [7, 11) is 0. The molecule has 0 amide bonds. The lowest BCUT2D eigenvalue weighted by Gasteiger charge is -2.25. The molecule has 0 bridgehead atoms. The van der Waals surface area contributed by atoms with Gasteiger partial charge in [0.15, 0.2) is 0 Å². The Kier molecular flexibility index (Phi) is 5.98. The fourth-order valence-corrected chi connectivity index (χ4v) is 1.85. The van der Waals surface area contributed by atoms with Crippen molar-refractivity contribution in [1.29, 1.82) is 0 Å². The Bertz CT molecular complexity index is 87.6. The molecular weight excluding hydrogens is 158 g/mol. The Morgan fingerprint density at radius 1 is 1.18 bits per heavy atom. The zero-order chi connectivity index (χ0) is 7.40. The van der Waals surface area contributed by atoms with Crippen LogP contribution in [0.4, 0.5) is 0 Å². The number of nitrogens with two attached hydrogens (primary N) is 1. The highest BCUT2D eigenvalue weighted by Crippen LogP contribution is 2.29. The highest BCUT2D eigenvalue weighted by Gasteiger charge is 2.16. The molecule has 2 N–H and O–H groups in total. The van der Waals surface area contributed by atoms with Gasteiger partial charge in [0.2, 0.25) is 0 Å². The van der Waals surface area contributed by atoms with Gasteiger partial charge in [0.25, 0.3) is 0 Å². The van der Waals surface area contributed by atoms with Crippen LogP contribution in [0.2, 0.25) is 0 Å². The normalized spacial score (nSPS) is 31.1. The predicted molar refractivity (Wildman–Crippen MR) is 52.0 cm³/mol. The molecule has 0 radical (unpaired) electrons. The Balaban J connectivity index is 0.000001000. The first-order valence-electron chi connectivity index (χ1n) is 4.53. The predicted octanol–water partition coefficient (Wildman–Crippen LogP) is 2.58. The summed E-state index contributed by atoms with van der Waals surface area (Å²) >= 11 is 0. The van der Waals surface area contributed by atoms with Crippen molar-refractivity contribution in [3.05, 3.63) is 0 Å². The quantitative estimate of drug-likeness (QED) is 0.690. The van der Waals surface area contributed by atoms with E-state index in [1.165, 1.54) is 32.1 Å². The van der Waals surface area contributed by atoms with Gasteiger partial charge in [-0.3, -0.25) is 0 Å². The van der Waals surface area contributed by atoms with E-state index in [0.717, 1.165) is 18.4 Å². The van der Waals surface area contributed by atoms with Crippen LogP contribution in [0.15, 0.2) is 0 Å². The van der Waals surface area contributed by atoms with Crippen molar-refractivity contribution in [3.63, 3.8) is 0 Å². The molecule has 0 spiro atoms. The molecule has 0 unspecified atom stereocenters. The second-order valence-corrected chi connectivity index (χ2v) is 3.70. The third-order valence-electron chi connectivity index (χ3n) is 2.71. The van der Waals surface area contributed by atoms with Gasteiger partial charge in [-0.15, -0.1) is 12.4 Å². The van der Waals surface area contributed by atoms with Gasteiger partial charge in [0.05, 0.1) is 0 Å². The van der Waals surface area contributed by atoms with E-state index >= 15 is 0 Å². The molecule has 0 aromatic rings. The van der Waals surface area contributed by atoms with Crippen LogP contribution in [-0.2, 0) is 0 Å². The molecule has 0 saturated heterocycles. The lowest BCUT2D eigenvalue weighted by atomic mass is 9.81. The van der Waals surface area contributed by atoms with E-state index in [2.05, 4.69) is 6.92 Å². The maximum atomic E-state index is 5.49. The van der Waals surface area contributed by atoms with Crippen LogP contribution >= 0.6 is 12.4 Å².